The first-order valence-electron chi connectivity index (χ1n) is 13.9. The fourth-order valence-corrected chi connectivity index (χ4v) is 5.84. The van der Waals surface area contributed by atoms with Crippen LogP contribution in [0.2, 0.25) is 10.3 Å². The Bertz CT molecular complexity index is 1630. The Morgan fingerprint density at radius 1 is 1.09 bits per heavy atom. The van der Waals surface area contributed by atoms with Crippen LogP contribution < -0.4 is 20.9 Å². The van der Waals surface area contributed by atoms with Crippen molar-refractivity contribution in [2.24, 2.45) is 5.92 Å². The fraction of sp³-hybridized carbons (Fsp3) is 0.300. The van der Waals surface area contributed by atoms with Gasteiger partial charge in [-0.25, -0.2) is 20.2 Å². The minimum Gasteiger partial charge on any atom is -0.489 e. The summed E-state index contributed by atoms with van der Waals surface area (Å²) in [5.41, 5.74) is 2.77. The van der Waals surface area contributed by atoms with E-state index in [4.69, 9.17) is 27.9 Å². The molecular weight excluding hydrogens is 609 g/mol. The highest BCUT2D eigenvalue weighted by Crippen LogP contribution is 2.37. The summed E-state index contributed by atoms with van der Waals surface area (Å²) in [7, 11) is 0. The standard InChI is InChI=1S/C30H31Cl2N7O5/c1-17(2)13-23(26(40)38-43)39-12-11-30(27(39)41,37-29(42)36-28-33-21-5-3-4-6-22(21)34-28)19-7-9-20(10-8-19)44-16-18-14-24(31)35-25(32)15-18/h3-10,14-15,17,23,43H,11-13,16H2,1-2H3,(H,38,40)(H3,33,34,36,37,42). The average molecular weight is 641 g/mol. The van der Waals surface area contributed by atoms with E-state index in [-0.39, 0.29) is 41.7 Å². The predicted molar refractivity (Wildman–Crippen MR) is 164 cm³/mol. The SMILES string of the molecule is CC(C)CC(C(=O)NO)N1CCC(NC(=O)Nc2nc3ccccc3[nH]2)(c2ccc(OCc3cc(Cl)nc(Cl)c3)cc2)C1=O. The molecule has 0 bridgehead atoms. The largest absolute Gasteiger partial charge is 0.489 e. The van der Waals surface area contributed by atoms with Crippen molar-refractivity contribution in [3.8, 4) is 5.75 Å². The molecule has 1 saturated heterocycles. The zero-order valence-corrected chi connectivity index (χ0v) is 25.4. The second kappa shape index (κ2) is 13.1. The van der Waals surface area contributed by atoms with Gasteiger partial charge in [-0.05, 0) is 59.9 Å². The molecule has 2 aromatic heterocycles. The molecule has 0 saturated carbocycles. The number of H-pyrrole nitrogens is 1. The van der Waals surface area contributed by atoms with E-state index in [1.54, 1.807) is 47.9 Å². The van der Waals surface area contributed by atoms with E-state index in [0.717, 1.165) is 11.1 Å². The summed E-state index contributed by atoms with van der Waals surface area (Å²) in [6, 6.07) is 15.7. The van der Waals surface area contributed by atoms with Gasteiger partial charge in [0.1, 0.15) is 34.2 Å². The number of halogens is 2. The van der Waals surface area contributed by atoms with Gasteiger partial charge in [0.05, 0.1) is 11.0 Å². The number of carbonyl (C=O) groups excluding carboxylic acids is 3. The molecule has 2 aromatic carbocycles. The number of pyridine rings is 1. The Hall–Kier alpha value is -4.39. The maximum atomic E-state index is 14.2. The molecule has 2 atom stereocenters. The van der Waals surface area contributed by atoms with Crippen LogP contribution in [-0.4, -0.2) is 55.5 Å². The van der Waals surface area contributed by atoms with Crippen molar-refractivity contribution < 1.29 is 24.3 Å². The Morgan fingerprint density at radius 2 is 1.80 bits per heavy atom. The Morgan fingerprint density at radius 3 is 2.45 bits per heavy atom. The fourth-order valence-electron chi connectivity index (χ4n) is 5.34. The Labute approximate surface area is 263 Å². The molecule has 230 valence electrons. The third-order valence-corrected chi connectivity index (χ3v) is 7.75. The minimum absolute atomic E-state index is 0.0473. The van der Waals surface area contributed by atoms with Gasteiger partial charge in [-0.1, -0.05) is 61.3 Å². The highest BCUT2D eigenvalue weighted by atomic mass is 35.5. The van der Waals surface area contributed by atoms with Crippen molar-refractivity contribution in [3.63, 3.8) is 0 Å². The number of rotatable bonds is 10. The number of hydrogen-bond acceptors (Lipinski definition) is 7. The molecule has 1 fully saturated rings. The summed E-state index contributed by atoms with van der Waals surface area (Å²) >= 11 is 12.0. The Kier molecular flexibility index (Phi) is 9.23. The minimum atomic E-state index is -1.52. The number of fused-ring (bicyclic) bond motifs is 1. The van der Waals surface area contributed by atoms with Crippen LogP contribution in [0.15, 0.2) is 60.7 Å². The first-order chi connectivity index (χ1) is 21.1. The molecule has 5 rings (SSSR count). The van der Waals surface area contributed by atoms with Crippen molar-refractivity contribution in [1.82, 2.24) is 30.6 Å². The quantitative estimate of drug-likeness (QED) is 0.0925. The summed E-state index contributed by atoms with van der Waals surface area (Å²) in [6.45, 7) is 4.16. The number of aromatic amines is 1. The number of carbonyl (C=O) groups is 3. The van der Waals surface area contributed by atoms with Crippen LogP contribution in [-0.2, 0) is 21.7 Å². The average Bonchev–Trinajstić information content (AvgIpc) is 3.54. The molecule has 5 N–H and O–H groups in total. The summed E-state index contributed by atoms with van der Waals surface area (Å²) < 4.78 is 5.88. The lowest BCUT2D eigenvalue weighted by molar-refractivity contribution is -0.145. The van der Waals surface area contributed by atoms with E-state index in [2.05, 4.69) is 25.6 Å². The molecule has 1 aliphatic rings. The van der Waals surface area contributed by atoms with Gasteiger partial charge < -0.3 is 19.9 Å². The molecule has 3 heterocycles. The molecule has 4 amide bonds. The molecule has 14 heteroatoms. The molecule has 1 aliphatic heterocycles. The maximum absolute atomic E-state index is 14.2. The molecule has 0 radical (unpaired) electrons. The van der Waals surface area contributed by atoms with E-state index in [9.17, 15) is 19.6 Å². The lowest BCUT2D eigenvalue weighted by atomic mass is 9.88. The van der Waals surface area contributed by atoms with Gasteiger partial charge in [0.15, 0.2) is 0 Å². The van der Waals surface area contributed by atoms with Crippen molar-refractivity contribution in [1.29, 1.82) is 0 Å². The number of hydroxylamine groups is 1. The maximum Gasteiger partial charge on any atom is 0.322 e. The first-order valence-corrected chi connectivity index (χ1v) is 14.7. The van der Waals surface area contributed by atoms with Gasteiger partial charge in [0, 0.05) is 13.0 Å². The van der Waals surface area contributed by atoms with E-state index in [1.165, 1.54) is 4.90 Å². The number of para-hydroxylation sites is 2. The number of aromatic nitrogens is 3. The van der Waals surface area contributed by atoms with Gasteiger partial charge in [-0.2, -0.15) is 0 Å². The number of nitrogens with zero attached hydrogens (tertiary/aromatic N) is 3. The second-order valence-corrected chi connectivity index (χ2v) is 11.7. The number of anilines is 1. The van der Waals surface area contributed by atoms with E-state index in [0.29, 0.717) is 23.3 Å². The normalized spacial score (nSPS) is 17.1. The van der Waals surface area contributed by atoms with Crippen LogP contribution in [0.4, 0.5) is 10.7 Å². The predicted octanol–water partition coefficient (Wildman–Crippen LogP) is 5.01. The number of hydrogen-bond donors (Lipinski definition) is 5. The molecule has 2 unspecified atom stereocenters. The highest BCUT2D eigenvalue weighted by Gasteiger charge is 2.52. The number of benzene rings is 2. The van der Waals surface area contributed by atoms with Crippen molar-refractivity contribution >= 4 is 58.0 Å². The zero-order valence-electron chi connectivity index (χ0n) is 23.9. The summed E-state index contributed by atoms with van der Waals surface area (Å²) in [5.74, 6) is -0.431. The Balaban J connectivity index is 1.41. The van der Waals surface area contributed by atoms with Crippen LogP contribution >= 0.6 is 23.2 Å². The number of imidazole rings is 1. The lowest BCUT2D eigenvalue weighted by Crippen LogP contribution is -2.56. The third-order valence-electron chi connectivity index (χ3n) is 7.36. The van der Waals surface area contributed by atoms with Crippen LogP contribution in [0.25, 0.3) is 11.0 Å². The summed E-state index contributed by atoms with van der Waals surface area (Å²) in [4.78, 5) is 52.9. The van der Waals surface area contributed by atoms with E-state index >= 15 is 0 Å². The summed E-state index contributed by atoms with van der Waals surface area (Å²) in [5, 5.41) is 15.5. The highest BCUT2D eigenvalue weighted by molar-refractivity contribution is 6.32. The molecule has 12 nitrogen and oxygen atoms in total. The number of amides is 4. The monoisotopic (exact) mass is 639 g/mol. The van der Waals surface area contributed by atoms with E-state index < -0.39 is 29.4 Å². The number of urea groups is 1. The number of ether oxygens (including phenoxy) is 1. The molecule has 4 aromatic rings. The van der Waals surface area contributed by atoms with Crippen LogP contribution in [0.5, 0.6) is 5.75 Å². The van der Waals surface area contributed by atoms with E-state index in [1.807, 2.05) is 32.0 Å². The van der Waals surface area contributed by atoms with Gasteiger partial charge in [0.25, 0.3) is 11.8 Å². The molecule has 44 heavy (non-hydrogen) atoms. The summed E-state index contributed by atoms with van der Waals surface area (Å²) in [6.07, 6.45) is 0.482. The third kappa shape index (κ3) is 6.72. The smallest absolute Gasteiger partial charge is 0.322 e. The van der Waals surface area contributed by atoms with Crippen molar-refractivity contribution in [3.05, 3.63) is 82.1 Å². The van der Waals surface area contributed by atoms with Crippen molar-refractivity contribution in [2.45, 2.75) is 44.9 Å². The van der Waals surface area contributed by atoms with Gasteiger partial charge in [-0.3, -0.25) is 20.1 Å². The van der Waals surface area contributed by atoms with Gasteiger partial charge in [0.2, 0.25) is 5.95 Å². The van der Waals surface area contributed by atoms with Crippen LogP contribution in [0, 0.1) is 5.92 Å². The lowest BCUT2D eigenvalue weighted by Gasteiger charge is -2.32. The van der Waals surface area contributed by atoms with Gasteiger partial charge in [-0.15, -0.1) is 0 Å². The van der Waals surface area contributed by atoms with Crippen molar-refractivity contribution in [2.75, 3.05) is 11.9 Å². The van der Waals surface area contributed by atoms with Gasteiger partial charge >= 0.3 is 6.03 Å². The molecule has 0 aliphatic carbocycles. The first kappa shape index (κ1) is 31.0. The number of nitrogens with one attached hydrogen (secondary N) is 4. The molecule has 0 spiro atoms. The number of likely N-dealkylation sites (tertiary alicyclic amines) is 1. The second-order valence-electron chi connectivity index (χ2n) is 10.9. The van der Waals surface area contributed by atoms with Crippen LogP contribution in [0.1, 0.15) is 37.8 Å². The molecular formula is C30H31Cl2N7O5. The zero-order chi connectivity index (χ0) is 31.4. The topological polar surface area (TPSA) is 162 Å². The van der Waals surface area contributed by atoms with Crippen LogP contribution in [0.3, 0.4) is 0 Å².